The van der Waals surface area contributed by atoms with Crippen molar-refractivity contribution in [1.29, 1.82) is 0 Å². The Balaban J connectivity index is 1.58. The lowest BCUT2D eigenvalue weighted by molar-refractivity contribution is -0.134. The Labute approximate surface area is 156 Å². The van der Waals surface area contributed by atoms with E-state index in [0.717, 1.165) is 50.3 Å². The van der Waals surface area contributed by atoms with E-state index in [9.17, 15) is 9.59 Å². The number of amides is 2. The summed E-state index contributed by atoms with van der Waals surface area (Å²) in [7, 11) is 0. The fourth-order valence-electron chi connectivity index (χ4n) is 3.91. The summed E-state index contributed by atoms with van der Waals surface area (Å²) < 4.78 is 0. The standard InChI is InChI=1S/C21H31N3O2/c1-4-23(5-2)16-9-10-19(15(3)13-16)22-20(25)17-14-18(17)21(26)24-11-7-6-8-12-24/h9-10,13,17-18H,4-8,11-12,14H2,1-3H3,(H,22,25). The third-order valence-corrected chi connectivity index (χ3v) is 5.71. The van der Waals surface area contributed by atoms with Crippen LogP contribution in [0.2, 0.25) is 0 Å². The Kier molecular flexibility index (Phi) is 5.84. The van der Waals surface area contributed by atoms with Crippen molar-refractivity contribution in [2.24, 2.45) is 11.8 Å². The number of hydrogen-bond donors (Lipinski definition) is 1. The van der Waals surface area contributed by atoms with E-state index >= 15 is 0 Å². The lowest BCUT2D eigenvalue weighted by atomic mass is 10.1. The minimum Gasteiger partial charge on any atom is -0.372 e. The van der Waals surface area contributed by atoms with Crippen LogP contribution in [0, 0.1) is 18.8 Å². The summed E-state index contributed by atoms with van der Waals surface area (Å²) in [4.78, 5) is 29.3. The van der Waals surface area contributed by atoms with Crippen LogP contribution in [0.1, 0.15) is 45.1 Å². The molecule has 2 aliphatic rings. The van der Waals surface area contributed by atoms with E-state index in [4.69, 9.17) is 0 Å². The first kappa shape index (κ1) is 18.7. The van der Waals surface area contributed by atoms with Crippen LogP contribution < -0.4 is 10.2 Å². The van der Waals surface area contributed by atoms with Gasteiger partial charge in [0.2, 0.25) is 11.8 Å². The summed E-state index contributed by atoms with van der Waals surface area (Å²) >= 11 is 0. The smallest absolute Gasteiger partial charge is 0.228 e. The molecular formula is C21H31N3O2. The topological polar surface area (TPSA) is 52.7 Å². The Morgan fingerprint density at radius 3 is 2.42 bits per heavy atom. The van der Waals surface area contributed by atoms with Gasteiger partial charge in [0.15, 0.2) is 0 Å². The molecule has 1 saturated carbocycles. The first-order valence-corrected chi connectivity index (χ1v) is 10.00. The van der Waals surface area contributed by atoms with Gasteiger partial charge in [-0.1, -0.05) is 0 Å². The van der Waals surface area contributed by atoms with Crippen molar-refractivity contribution >= 4 is 23.2 Å². The van der Waals surface area contributed by atoms with Crippen LogP contribution in [0.5, 0.6) is 0 Å². The number of anilines is 2. The van der Waals surface area contributed by atoms with Gasteiger partial charge in [0.05, 0.1) is 11.8 Å². The Morgan fingerprint density at radius 1 is 1.12 bits per heavy atom. The van der Waals surface area contributed by atoms with Crippen LogP contribution in [-0.4, -0.2) is 42.9 Å². The van der Waals surface area contributed by atoms with E-state index in [1.807, 2.05) is 17.9 Å². The van der Waals surface area contributed by atoms with Gasteiger partial charge in [-0.3, -0.25) is 9.59 Å². The van der Waals surface area contributed by atoms with Crippen LogP contribution in [-0.2, 0) is 9.59 Å². The molecule has 1 heterocycles. The van der Waals surface area contributed by atoms with Crippen LogP contribution in [0.25, 0.3) is 0 Å². The second-order valence-corrected chi connectivity index (χ2v) is 7.50. The molecule has 1 aromatic carbocycles. The predicted octanol–water partition coefficient (Wildman–Crippen LogP) is 3.43. The summed E-state index contributed by atoms with van der Waals surface area (Å²) in [6.45, 7) is 9.94. The highest BCUT2D eigenvalue weighted by atomic mass is 16.2. The quantitative estimate of drug-likeness (QED) is 0.849. The molecule has 2 atom stereocenters. The van der Waals surface area contributed by atoms with E-state index in [2.05, 4.69) is 36.2 Å². The molecule has 5 heteroatoms. The lowest BCUT2D eigenvalue weighted by Crippen LogP contribution is -2.37. The number of carbonyl (C=O) groups is 2. The molecule has 0 spiro atoms. The number of nitrogens with zero attached hydrogens (tertiary/aromatic N) is 2. The van der Waals surface area contributed by atoms with Gasteiger partial charge in [0.1, 0.15) is 0 Å². The number of carbonyl (C=O) groups excluding carboxylic acids is 2. The number of benzene rings is 1. The SMILES string of the molecule is CCN(CC)c1ccc(NC(=O)C2CC2C(=O)N2CCCCC2)c(C)c1. The van der Waals surface area contributed by atoms with Crippen LogP contribution in [0.4, 0.5) is 11.4 Å². The maximum atomic E-state index is 12.6. The number of aryl methyl sites for hydroxylation is 1. The second kappa shape index (κ2) is 8.11. The molecule has 1 aliphatic carbocycles. The minimum absolute atomic E-state index is 0.0148. The Morgan fingerprint density at radius 2 is 1.81 bits per heavy atom. The van der Waals surface area contributed by atoms with E-state index in [1.165, 1.54) is 12.1 Å². The molecule has 2 unspecified atom stereocenters. The highest BCUT2D eigenvalue weighted by Crippen LogP contribution is 2.41. The molecule has 0 radical (unpaired) electrons. The monoisotopic (exact) mass is 357 g/mol. The maximum absolute atomic E-state index is 12.6. The molecule has 26 heavy (non-hydrogen) atoms. The fraction of sp³-hybridized carbons (Fsp3) is 0.619. The van der Waals surface area contributed by atoms with E-state index in [0.29, 0.717) is 6.42 Å². The lowest BCUT2D eigenvalue weighted by Gasteiger charge is -2.26. The normalized spacial score (nSPS) is 22.0. The average Bonchev–Trinajstić information content (AvgIpc) is 3.46. The van der Waals surface area contributed by atoms with Gasteiger partial charge in [-0.2, -0.15) is 0 Å². The van der Waals surface area contributed by atoms with Gasteiger partial charge >= 0.3 is 0 Å². The largest absolute Gasteiger partial charge is 0.372 e. The van der Waals surface area contributed by atoms with Crippen molar-refractivity contribution in [2.45, 2.75) is 46.5 Å². The summed E-state index contributed by atoms with van der Waals surface area (Å²) in [5, 5.41) is 3.03. The van der Waals surface area contributed by atoms with E-state index in [1.54, 1.807) is 0 Å². The number of piperidine rings is 1. The third-order valence-electron chi connectivity index (χ3n) is 5.71. The second-order valence-electron chi connectivity index (χ2n) is 7.50. The molecule has 1 aromatic rings. The third kappa shape index (κ3) is 4.02. The van der Waals surface area contributed by atoms with E-state index in [-0.39, 0.29) is 23.7 Å². The van der Waals surface area contributed by atoms with Crippen LogP contribution in [0.3, 0.4) is 0 Å². The molecule has 0 aromatic heterocycles. The zero-order chi connectivity index (χ0) is 18.7. The molecule has 142 valence electrons. The summed E-state index contributed by atoms with van der Waals surface area (Å²) in [6.07, 6.45) is 4.08. The number of likely N-dealkylation sites (tertiary alicyclic amines) is 1. The van der Waals surface area contributed by atoms with Gasteiger partial charge in [0.25, 0.3) is 0 Å². The molecule has 3 rings (SSSR count). The Hall–Kier alpha value is -2.04. The predicted molar refractivity (Wildman–Crippen MR) is 105 cm³/mol. The summed E-state index contributed by atoms with van der Waals surface area (Å²) in [6, 6.07) is 6.15. The Bertz CT molecular complexity index is 663. The molecule has 0 bridgehead atoms. The van der Waals surface area contributed by atoms with Crippen molar-refractivity contribution in [3.63, 3.8) is 0 Å². The van der Waals surface area contributed by atoms with Crippen molar-refractivity contribution in [1.82, 2.24) is 4.90 Å². The fourth-order valence-corrected chi connectivity index (χ4v) is 3.91. The zero-order valence-electron chi connectivity index (χ0n) is 16.3. The number of rotatable bonds is 6. The molecule has 1 saturated heterocycles. The maximum Gasteiger partial charge on any atom is 0.228 e. The number of nitrogens with one attached hydrogen (secondary N) is 1. The van der Waals surface area contributed by atoms with Gasteiger partial charge in [-0.15, -0.1) is 0 Å². The van der Waals surface area contributed by atoms with Crippen molar-refractivity contribution in [3.05, 3.63) is 23.8 Å². The van der Waals surface area contributed by atoms with Gasteiger partial charge in [-0.05, 0) is 70.2 Å². The first-order chi connectivity index (χ1) is 12.5. The van der Waals surface area contributed by atoms with Gasteiger partial charge in [0, 0.05) is 37.6 Å². The number of hydrogen-bond acceptors (Lipinski definition) is 3. The molecule has 2 amide bonds. The highest BCUT2D eigenvalue weighted by Gasteiger charge is 2.49. The summed E-state index contributed by atoms with van der Waals surface area (Å²) in [5.74, 6) is -0.104. The van der Waals surface area contributed by atoms with E-state index < -0.39 is 0 Å². The first-order valence-electron chi connectivity index (χ1n) is 10.00. The van der Waals surface area contributed by atoms with Crippen molar-refractivity contribution in [3.8, 4) is 0 Å². The van der Waals surface area contributed by atoms with Crippen molar-refractivity contribution < 1.29 is 9.59 Å². The van der Waals surface area contributed by atoms with Crippen molar-refractivity contribution in [2.75, 3.05) is 36.4 Å². The van der Waals surface area contributed by atoms with Crippen LogP contribution >= 0.6 is 0 Å². The zero-order valence-corrected chi connectivity index (χ0v) is 16.3. The molecule has 1 N–H and O–H groups in total. The highest BCUT2D eigenvalue weighted by molar-refractivity contribution is 6.00. The average molecular weight is 357 g/mol. The van der Waals surface area contributed by atoms with Gasteiger partial charge in [-0.25, -0.2) is 0 Å². The van der Waals surface area contributed by atoms with Gasteiger partial charge < -0.3 is 15.1 Å². The molecule has 5 nitrogen and oxygen atoms in total. The van der Waals surface area contributed by atoms with Crippen LogP contribution in [0.15, 0.2) is 18.2 Å². The minimum atomic E-state index is -0.161. The molecule has 1 aliphatic heterocycles. The molecular weight excluding hydrogens is 326 g/mol. The molecule has 2 fully saturated rings. The summed E-state index contributed by atoms with van der Waals surface area (Å²) in [5.41, 5.74) is 3.08.